The van der Waals surface area contributed by atoms with Crippen molar-refractivity contribution in [2.24, 2.45) is 0 Å². The Morgan fingerprint density at radius 3 is 2.74 bits per heavy atom. The molecule has 5 heteroatoms. The zero-order valence-corrected chi connectivity index (χ0v) is 12.5. The second-order valence-corrected chi connectivity index (χ2v) is 4.97. The molecule has 0 aliphatic heterocycles. The average molecular weight is 279 g/mol. The van der Waals surface area contributed by atoms with Crippen molar-refractivity contribution < 1.29 is 0 Å². The van der Waals surface area contributed by atoms with E-state index in [1.54, 1.807) is 6.20 Å². The van der Waals surface area contributed by atoms with Crippen molar-refractivity contribution in [2.75, 3.05) is 6.54 Å². The summed E-state index contributed by atoms with van der Waals surface area (Å²) in [6, 6.07) is 4.23. The third kappa shape index (κ3) is 2.65. The van der Waals surface area contributed by atoms with Crippen LogP contribution in [0.4, 0.5) is 0 Å². The molecule has 0 saturated carbocycles. The van der Waals surface area contributed by atoms with Crippen molar-refractivity contribution in [1.29, 1.82) is 0 Å². The number of rotatable bonds is 4. The Labute approximate surface area is 118 Å². The SMILES string of the molecule is CCNC(C)c1cccnc1-n1nc(C)c(Cl)c1C. The zero-order chi connectivity index (χ0) is 14.0. The lowest BCUT2D eigenvalue weighted by atomic mass is 10.1. The molecule has 0 aromatic carbocycles. The van der Waals surface area contributed by atoms with Crippen molar-refractivity contribution in [1.82, 2.24) is 20.1 Å². The number of halogens is 1. The van der Waals surface area contributed by atoms with Crippen LogP contribution in [0.1, 0.15) is 36.8 Å². The van der Waals surface area contributed by atoms with Gasteiger partial charge in [0.2, 0.25) is 0 Å². The normalized spacial score (nSPS) is 12.7. The monoisotopic (exact) mass is 278 g/mol. The van der Waals surface area contributed by atoms with Gasteiger partial charge in [-0.2, -0.15) is 5.10 Å². The predicted octanol–water partition coefficient (Wildman–Crippen LogP) is 3.21. The van der Waals surface area contributed by atoms with E-state index in [0.717, 1.165) is 29.3 Å². The van der Waals surface area contributed by atoms with E-state index in [0.29, 0.717) is 5.02 Å². The summed E-state index contributed by atoms with van der Waals surface area (Å²) in [5.74, 6) is 0.837. The van der Waals surface area contributed by atoms with Crippen molar-refractivity contribution in [3.8, 4) is 5.82 Å². The Balaban J connectivity index is 2.53. The molecule has 2 aromatic rings. The maximum absolute atomic E-state index is 6.21. The molecule has 0 saturated heterocycles. The van der Waals surface area contributed by atoms with Gasteiger partial charge in [0.05, 0.1) is 16.4 Å². The summed E-state index contributed by atoms with van der Waals surface area (Å²) in [4.78, 5) is 4.47. The molecule has 0 aliphatic rings. The van der Waals surface area contributed by atoms with Gasteiger partial charge in [-0.05, 0) is 33.4 Å². The molecule has 19 heavy (non-hydrogen) atoms. The molecule has 0 aliphatic carbocycles. The van der Waals surface area contributed by atoms with Crippen LogP contribution in [0.25, 0.3) is 5.82 Å². The molecule has 0 bridgehead atoms. The molecule has 1 atom stereocenters. The highest BCUT2D eigenvalue weighted by Crippen LogP contribution is 2.25. The van der Waals surface area contributed by atoms with Crippen molar-refractivity contribution in [3.63, 3.8) is 0 Å². The fraction of sp³-hybridized carbons (Fsp3) is 0.429. The minimum Gasteiger partial charge on any atom is -0.310 e. The number of hydrogen-bond donors (Lipinski definition) is 1. The Morgan fingerprint density at radius 1 is 1.42 bits per heavy atom. The second-order valence-electron chi connectivity index (χ2n) is 4.59. The Bertz CT molecular complexity index is 577. The van der Waals surface area contributed by atoms with Gasteiger partial charge in [-0.25, -0.2) is 9.67 Å². The first-order valence-electron chi connectivity index (χ1n) is 6.46. The number of nitrogens with one attached hydrogen (secondary N) is 1. The van der Waals surface area contributed by atoms with Gasteiger partial charge in [-0.3, -0.25) is 0 Å². The number of aromatic nitrogens is 3. The fourth-order valence-corrected chi connectivity index (χ4v) is 2.29. The van der Waals surface area contributed by atoms with Gasteiger partial charge in [0, 0.05) is 17.8 Å². The summed E-state index contributed by atoms with van der Waals surface area (Å²) >= 11 is 6.21. The van der Waals surface area contributed by atoms with Gasteiger partial charge in [-0.1, -0.05) is 24.6 Å². The number of pyridine rings is 1. The molecule has 0 radical (unpaired) electrons. The fourth-order valence-electron chi connectivity index (χ4n) is 2.17. The molecule has 4 nitrogen and oxygen atoms in total. The largest absolute Gasteiger partial charge is 0.310 e. The van der Waals surface area contributed by atoms with Gasteiger partial charge in [0.15, 0.2) is 5.82 Å². The van der Waals surface area contributed by atoms with E-state index in [2.05, 4.69) is 35.3 Å². The van der Waals surface area contributed by atoms with Crippen LogP contribution in [-0.4, -0.2) is 21.3 Å². The van der Waals surface area contributed by atoms with Crippen molar-refractivity contribution in [2.45, 2.75) is 33.7 Å². The van der Waals surface area contributed by atoms with E-state index in [9.17, 15) is 0 Å². The third-order valence-electron chi connectivity index (χ3n) is 3.20. The minimum atomic E-state index is 0.219. The number of nitrogens with zero attached hydrogens (tertiary/aromatic N) is 3. The van der Waals surface area contributed by atoms with Crippen LogP contribution < -0.4 is 5.32 Å². The minimum absolute atomic E-state index is 0.219. The van der Waals surface area contributed by atoms with Gasteiger partial charge in [0.25, 0.3) is 0 Å². The highest BCUT2D eigenvalue weighted by Gasteiger charge is 2.17. The summed E-state index contributed by atoms with van der Waals surface area (Å²) in [7, 11) is 0. The van der Waals surface area contributed by atoms with E-state index in [4.69, 9.17) is 11.6 Å². The van der Waals surface area contributed by atoms with Gasteiger partial charge in [-0.15, -0.1) is 0 Å². The first-order chi connectivity index (χ1) is 9.06. The van der Waals surface area contributed by atoms with Gasteiger partial charge < -0.3 is 5.32 Å². The first kappa shape index (κ1) is 14.0. The lowest BCUT2D eigenvalue weighted by Gasteiger charge is -2.16. The van der Waals surface area contributed by atoms with E-state index >= 15 is 0 Å². The Morgan fingerprint density at radius 2 is 2.16 bits per heavy atom. The molecule has 102 valence electrons. The molecule has 0 amide bonds. The van der Waals surface area contributed by atoms with E-state index in [1.807, 2.05) is 24.6 Å². The molecular weight excluding hydrogens is 260 g/mol. The lowest BCUT2D eigenvalue weighted by Crippen LogP contribution is -2.20. The number of hydrogen-bond acceptors (Lipinski definition) is 3. The summed E-state index contributed by atoms with van der Waals surface area (Å²) < 4.78 is 1.82. The summed E-state index contributed by atoms with van der Waals surface area (Å²) in [5, 5.41) is 8.58. The highest BCUT2D eigenvalue weighted by atomic mass is 35.5. The summed E-state index contributed by atoms with van der Waals surface area (Å²) in [6.45, 7) is 8.98. The van der Waals surface area contributed by atoms with Gasteiger partial charge in [0.1, 0.15) is 0 Å². The Kier molecular flexibility index (Phi) is 4.22. The maximum Gasteiger partial charge on any atom is 0.158 e. The van der Waals surface area contributed by atoms with E-state index in [-0.39, 0.29) is 6.04 Å². The lowest BCUT2D eigenvalue weighted by molar-refractivity contribution is 0.589. The molecule has 0 fully saturated rings. The van der Waals surface area contributed by atoms with Gasteiger partial charge >= 0.3 is 0 Å². The van der Waals surface area contributed by atoms with Crippen LogP contribution in [0.2, 0.25) is 5.02 Å². The Hall–Kier alpha value is -1.39. The van der Waals surface area contributed by atoms with Crippen LogP contribution in [-0.2, 0) is 0 Å². The van der Waals surface area contributed by atoms with Crippen LogP contribution in [0, 0.1) is 13.8 Å². The molecule has 2 heterocycles. The number of aryl methyl sites for hydroxylation is 1. The highest BCUT2D eigenvalue weighted by molar-refractivity contribution is 6.31. The van der Waals surface area contributed by atoms with Crippen LogP contribution in [0.5, 0.6) is 0 Å². The first-order valence-corrected chi connectivity index (χ1v) is 6.84. The van der Waals surface area contributed by atoms with Crippen molar-refractivity contribution >= 4 is 11.6 Å². The third-order valence-corrected chi connectivity index (χ3v) is 3.74. The smallest absolute Gasteiger partial charge is 0.158 e. The average Bonchev–Trinajstić information content (AvgIpc) is 2.67. The molecule has 2 aromatic heterocycles. The van der Waals surface area contributed by atoms with Crippen LogP contribution in [0.3, 0.4) is 0 Å². The zero-order valence-electron chi connectivity index (χ0n) is 11.7. The maximum atomic E-state index is 6.21. The second kappa shape index (κ2) is 5.72. The van der Waals surface area contributed by atoms with E-state index < -0.39 is 0 Å². The van der Waals surface area contributed by atoms with E-state index in [1.165, 1.54) is 0 Å². The standard InChI is InChI=1S/C14H19ClN4/c1-5-16-9(2)12-7-6-8-17-14(12)19-11(4)13(15)10(3)18-19/h6-9,16H,5H2,1-4H3. The molecule has 0 spiro atoms. The molecule has 1 unspecified atom stereocenters. The van der Waals surface area contributed by atoms with Crippen LogP contribution in [0.15, 0.2) is 18.3 Å². The molecule has 2 rings (SSSR count). The quantitative estimate of drug-likeness (QED) is 0.934. The van der Waals surface area contributed by atoms with Crippen molar-refractivity contribution in [3.05, 3.63) is 40.3 Å². The predicted molar refractivity (Wildman–Crippen MR) is 77.9 cm³/mol. The summed E-state index contributed by atoms with van der Waals surface area (Å²) in [6.07, 6.45) is 1.78. The molecule has 1 N–H and O–H groups in total. The topological polar surface area (TPSA) is 42.7 Å². The summed E-state index contributed by atoms with van der Waals surface area (Å²) in [5.41, 5.74) is 2.86. The molecular formula is C14H19ClN4. The van der Waals surface area contributed by atoms with Crippen LogP contribution >= 0.6 is 11.6 Å².